The van der Waals surface area contributed by atoms with E-state index in [2.05, 4.69) is 29.6 Å². The second-order valence-electron chi connectivity index (χ2n) is 6.05. The zero-order valence-corrected chi connectivity index (χ0v) is 12.4. The Labute approximate surface area is 125 Å². The van der Waals surface area contributed by atoms with Gasteiger partial charge in [0.2, 0.25) is 5.91 Å². The molecule has 2 N–H and O–H groups in total. The van der Waals surface area contributed by atoms with Gasteiger partial charge in [-0.15, -0.1) is 0 Å². The third-order valence-corrected chi connectivity index (χ3v) is 4.18. The van der Waals surface area contributed by atoms with Gasteiger partial charge in [0.1, 0.15) is 0 Å². The van der Waals surface area contributed by atoms with Crippen molar-refractivity contribution in [3.05, 3.63) is 35.9 Å². The topological polar surface area (TPSA) is 66.4 Å². The molecule has 114 valence electrons. The normalized spacial score (nSPS) is 22.1. The zero-order valence-electron chi connectivity index (χ0n) is 12.4. The molecule has 0 radical (unpaired) electrons. The number of hydrogen-bond donors (Lipinski definition) is 2. The minimum absolute atomic E-state index is 0.0457. The maximum absolute atomic E-state index is 11.9. The fourth-order valence-electron chi connectivity index (χ4n) is 2.91. The molecule has 0 saturated heterocycles. The average Bonchev–Trinajstić information content (AvgIpc) is 2.41. The van der Waals surface area contributed by atoms with Crippen LogP contribution >= 0.6 is 0 Å². The highest BCUT2D eigenvalue weighted by Crippen LogP contribution is 2.43. The molecule has 4 nitrogen and oxygen atoms in total. The molecule has 1 aliphatic rings. The Morgan fingerprint density at radius 3 is 2.57 bits per heavy atom. The van der Waals surface area contributed by atoms with Gasteiger partial charge in [-0.05, 0) is 43.6 Å². The zero-order chi connectivity index (χ0) is 15.2. The highest BCUT2D eigenvalue weighted by Gasteiger charge is 2.31. The number of carboxylic acid groups (broad SMARTS) is 1. The van der Waals surface area contributed by atoms with Gasteiger partial charge in [-0.1, -0.05) is 30.3 Å². The Hall–Kier alpha value is -1.84. The Kier molecular flexibility index (Phi) is 5.37. The smallest absolute Gasteiger partial charge is 0.303 e. The van der Waals surface area contributed by atoms with E-state index in [4.69, 9.17) is 5.11 Å². The summed E-state index contributed by atoms with van der Waals surface area (Å²) >= 11 is 0. The first-order chi connectivity index (χ1) is 10.0. The number of amides is 1. The van der Waals surface area contributed by atoms with Crippen LogP contribution in [-0.2, 0) is 9.59 Å². The summed E-state index contributed by atoms with van der Waals surface area (Å²) in [7, 11) is 0. The van der Waals surface area contributed by atoms with E-state index < -0.39 is 5.97 Å². The molecule has 0 spiro atoms. The van der Waals surface area contributed by atoms with E-state index in [0.29, 0.717) is 24.7 Å². The van der Waals surface area contributed by atoms with Gasteiger partial charge in [0.15, 0.2) is 0 Å². The first-order valence-electron chi connectivity index (χ1n) is 7.60. The van der Waals surface area contributed by atoms with Gasteiger partial charge >= 0.3 is 5.97 Å². The molecule has 1 saturated carbocycles. The Morgan fingerprint density at radius 1 is 1.29 bits per heavy atom. The standard InChI is InChI=1S/C17H23NO3/c1-12(7-8-17(20)21)18-16(19)11-13-9-15(10-13)14-5-3-2-4-6-14/h2-6,12-13,15H,7-11H2,1H3,(H,18,19)(H,20,21). The van der Waals surface area contributed by atoms with Crippen molar-refractivity contribution in [3.63, 3.8) is 0 Å². The lowest BCUT2D eigenvalue weighted by atomic mass is 9.70. The van der Waals surface area contributed by atoms with Crippen molar-refractivity contribution < 1.29 is 14.7 Å². The van der Waals surface area contributed by atoms with Crippen LogP contribution in [-0.4, -0.2) is 23.0 Å². The molecule has 1 fully saturated rings. The van der Waals surface area contributed by atoms with Crippen molar-refractivity contribution in [1.29, 1.82) is 0 Å². The van der Waals surface area contributed by atoms with Gasteiger partial charge in [0.25, 0.3) is 0 Å². The van der Waals surface area contributed by atoms with E-state index >= 15 is 0 Å². The number of carbonyl (C=O) groups excluding carboxylic acids is 1. The summed E-state index contributed by atoms with van der Waals surface area (Å²) < 4.78 is 0. The van der Waals surface area contributed by atoms with E-state index in [0.717, 1.165) is 12.8 Å². The third-order valence-electron chi connectivity index (χ3n) is 4.18. The van der Waals surface area contributed by atoms with Crippen molar-refractivity contribution in [1.82, 2.24) is 5.32 Å². The van der Waals surface area contributed by atoms with Crippen LogP contribution in [0.5, 0.6) is 0 Å². The van der Waals surface area contributed by atoms with Gasteiger partial charge in [-0.3, -0.25) is 9.59 Å². The fourth-order valence-corrected chi connectivity index (χ4v) is 2.91. The summed E-state index contributed by atoms with van der Waals surface area (Å²) in [5, 5.41) is 11.5. The summed E-state index contributed by atoms with van der Waals surface area (Å²) in [5.74, 6) is 0.278. The second kappa shape index (κ2) is 7.25. The molecule has 1 aliphatic carbocycles. The molecule has 1 aromatic rings. The van der Waals surface area contributed by atoms with E-state index in [1.807, 2.05) is 13.0 Å². The summed E-state index contributed by atoms with van der Waals surface area (Å²) in [5.41, 5.74) is 1.36. The molecule has 1 amide bonds. The number of hydrogen-bond acceptors (Lipinski definition) is 2. The average molecular weight is 289 g/mol. The van der Waals surface area contributed by atoms with Crippen molar-refractivity contribution >= 4 is 11.9 Å². The van der Waals surface area contributed by atoms with Crippen LogP contribution in [0.4, 0.5) is 0 Å². The molecule has 21 heavy (non-hydrogen) atoms. The van der Waals surface area contributed by atoms with E-state index in [1.54, 1.807) is 0 Å². The molecule has 0 aromatic heterocycles. The van der Waals surface area contributed by atoms with Gasteiger partial charge < -0.3 is 10.4 Å². The largest absolute Gasteiger partial charge is 0.481 e. The van der Waals surface area contributed by atoms with Crippen LogP contribution in [0.25, 0.3) is 0 Å². The summed E-state index contributed by atoms with van der Waals surface area (Å²) in [6.45, 7) is 1.86. The number of benzene rings is 1. The first-order valence-corrected chi connectivity index (χ1v) is 7.60. The predicted molar refractivity (Wildman–Crippen MR) is 81.0 cm³/mol. The minimum Gasteiger partial charge on any atom is -0.481 e. The fraction of sp³-hybridized carbons (Fsp3) is 0.529. The van der Waals surface area contributed by atoms with Crippen LogP contribution in [0.2, 0.25) is 0 Å². The summed E-state index contributed by atoms with van der Waals surface area (Å²) in [4.78, 5) is 22.4. The van der Waals surface area contributed by atoms with Crippen molar-refractivity contribution in [2.24, 2.45) is 5.92 Å². The summed E-state index contributed by atoms with van der Waals surface area (Å²) in [6.07, 6.45) is 3.28. The van der Waals surface area contributed by atoms with Crippen LogP contribution < -0.4 is 5.32 Å². The molecule has 4 heteroatoms. The molecule has 1 aromatic carbocycles. The lowest BCUT2D eigenvalue weighted by Gasteiger charge is -2.35. The van der Waals surface area contributed by atoms with Crippen molar-refractivity contribution in [2.75, 3.05) is 0 Å². The van der Waals surface area contributed by atoms with Gasteiger partial charge in [-0.25, -0.2) is 0 Å². The van der Waals surface area contributed by atoms with Gasteiger partial charge in [0, 0.05) is 18.9 Å². The second-order valence-corrected chi connectivity index (χ2v) is 6.05. The van der Waals surface area contributed by atoms with Crippen molar-refractivity contribution in [3.8, 4) is 0 Å². The predicted octanol–water partition coefficient (Wildman–Crippen LogP) is 2.94. The number of nitrogens with one attached hydrogen (secondary N) is 1. The Morgan fingerprint density at radius 2 is 1.95 bits per heavy atom. The summed E-state index contributed by atoms with van der Waals surface area (Å²) in [6, 6.07) is 10.4. The number of carboxylic acids is 1. The lowest BCUT2D eigenvalue weighted by Crippen LogP contribution is -2.36. The van der Waals surface area contributed by atoms with Crippen LogP contribution in [0.3, 0.4) is 0 Å². The molecule has 0 bridgehead atoms. The SMILES string of the molecule is CC(CCC(=O)O)NC(=O)CC1CC(c2ccccc2)C1. The first kappa shape index (κ1) is 15.5. The van der Waals surface area contributed by atoms with E-state index in [9.17, 15) is 9.59 Å². The Bertz CT molecular complexity index is 480. The molecular weight excluding hydrogens is 266 g/mol. The molecular formula is C17H23NO3. The van der Waals surface area contributed by atoms with Gasteiger partial charge in [-0.2, -0.15) is 0 Å². The van der Waals surface area contributed by atoms with Crippen LogP contribution in [0.1, 0.15) is 50.5 Å². The van der Waals surface area contributed by atoms with Crippen LogP contribution in [0.15, 0.2) is 30.3 Å². The highest BCUT2D eigenvalue weighted by molar-refractivity contribution is 5.76. The Balaban J connectivity index is 1.65. The molecule has 0 aliphatic heterocycles. The molecule has 1 atom stereocenters. The highest BCUT2D eigenvalue weighted by atomic mass is 16.4. The van der Waals surface area contributed by atoms with E-state index in [1.165, 1.54) is 5.56 Å². The van der Waals surface area contributed by atoms with Crippen molar-refractivity contribution in [2.45, 2.75) is 51.0 Å². The third kappa shape index (κ3) is 4.88. The van der Waals surface area contributed by atoms with E-state index in [-0.39, 0.29) is 18.4 Å². The maximum atomic E-state index is 11.9. The lowest BCUT2D eigenvalue weighted by molar-refractivity contribution is -0.137. The quantitative estimate of drug-likeness (QED) is 0.811. The number of aliphatic carboxylic acids is 1. The van der Waals surface area contributed by atoms with Crippen LogP contribution in [0, 0.1) is 5.92 Å². The number of rotatable bonds is 7. The molecule has 1 unspecified atom stereocenters. The maximum Gasteiger partial charge on any atom is 0.303 e. The number of carbonyl (C=O) groups is 2. The minimum atomic E-state index is -0.819. The molecule has 2 rings (SSSR count). The van der Waals surface area contributed by atoms with Gasteiger partial charge in [0.05, 0.1) is 0 Å². The monoisotopic (exact) mass is 289 g/mol. The molecule has 0 heterocycles.